The van der Waals surface area contributed by atoms with Crippen molar-refractivity contribution < 1.29 is 4.79 Å². The Kier molecular flexibility index (Phi) is 4.31. The zero-order valence-electron chi connectivity index (χ0n) is 9.34. The van der Waals surface area contributed by atoms with Crippen molar-refractivity contribution in [2.75, 3.05) is 6.54 Å². The number of primary amides is 1. The number of nitrogens with two attached hydrogens (primary N) is 1. The Hall–Kier alpha value is -1.35. The molecule has 0 fully saturated rings. The number of nitrogens with one attached hydrogen (secondary N) is 1. The van der Waals surface area contributed by atoms with Crippen molar-refractivity contribution in [3.63, 3.8) is 0 Å². The van der Waals surface area contributed by atoms with E-state index in [2.05, 4.69) is 37.4 Å². The fourth-order valence-electron chi connectivity index (χ4n) is 1.36. The highest BCUT2D eigenvalue weighted by atomic mass is 16.1. The van der Waals surface area contributed by atoms with Gasteiger partial charge in [0.1, 0.15) is 0 Å². The zero-order valence-corrected chi connectivity index (χ0v) is 9.34. The Morgan fingerprint density at radius 2 is 2.07 bits per heavy atom. The van der Waals surface area contributed by atoms with Crippen LogP contribution >= 0.6 is 0 Å². The molecule has 0 bridgehead atoms. The average Bonchev–Trinajstić information content (AvgIpc) is 2.18. The minimum atomic E-state index is -0.261. The molecular formula is C12H18N2O. The van der Waals surface area contributed by atoms with E-state index in [-0.39, 0.29) is 5.91 Å². The van der Waals surface area contributed by atoms with Crippen LogP contribution in [0.3, 0.4) is 0 Å². The average molecular weight is 206 g/mol. The lowest BCUT2D eigenvalue weighted by molar-refractivity contribution is -0.117. The standard InChI is InChI=1S/C12H18N2O/c1-9-3-4-11(7-10(9)2)8-14-6-5-12(13)15/h3-4,7,14H,5-6,8H2,1-2H3,(H2,13,15). The summed E-state index contributed by atoms with van der Waals surface area (Å²) in [6.45, 7) is 5.62. The summed E-state index contributed by atoms with van der Waals surface area (Å²) in [5.41, 5.74) is 8.87. The number of rotatable bonds is 5. The van der Waals surface area contributed by atoms with Crippen LogP contribution in [0.4, 0.5) is 0 Å². The fourth-order valence-corrected chi connectivity index (χ4v) is 1.36. The summed E-state index contributed by atoms with van der Waals surface area (Å²) in [7, 11) is 0. The summed E-state index contributed by atoms with van der Waals surface area (Å²) in [6, 6.07) is 6.37. The predicted octanol–water partition coefficient (Wildman–Crippen LogP) is 1.27. The van der Waals surface area contributed by atoms with E-state index in [0.717, 1.165) is 6.54 Å². The maximum absolute atomic E-state index is 10.5. The van der Waals surface area contributed by atoms with Gasteiger partial charge in [0, 0.05) is 19.5 Å². The number of hydrogen-bond acceptors (Lipinski definition) is 2. The molecule has 0 spiro atoms. The molecule has 1 rings (SSSR count). The highest BCUT2D eigenvalue weighted by molar-refractivity contribution is 5.73. The van der Waals surface area contributed by atoms with Crippen LogP contribution in [0.5, 0.6) is 0 Å². The van der Waals surface area contributed by atoms with E-state index in [1.807, 2.05) is 0 Å². The second kappa shape index (κ2) is 5.51. The van der Waals surface area contributed by atoms with Gasteiger partial charge in [0.05, 0.1) is 0 Å². The van der Waals surface area contributed by atoms with Crippen molar-refractivity contribution >= 4 is 5.91 Å². The predicted molar refractivity (Wildman–Crippen MR) is 61.4 cm³/mol. The van der Waals surface area contributed by atoms with Crippen LogP contribution in [0.15, 0.2) is 18.2 Å². The molecular weight excluding hydrogens is 188 g/mol. The molecule has 1 amide bonds. The van der Waals surface area contributed by atoms with Crippen molar-refractivity contribution in [1.82, 2.24) is 5.32 Å². The number of carbonyl (C=O) groups excluding carboxylic acids is 1. The third-order valence-corrected chi connectivity index (χ3v) is 2.45. The summed E-state index contributed by atoms with van der Waals surface area (Å²) in [5, 5.41) is 3.18. The molecule has 0 radical (unpaired) electrons. The molecule has 1 aromatic rings. The Balaban J connectivity index is 2.38. The van der Waals surface area contributed by atoms with Gasteiger partial charge in [0.25, 0.3) is 0 Å². The van der Waals surface area contributed by atoms with Crippen molar-refractivity contribution in [3.8, 4) is 0 Å². The molecule has 0 aliphatic carbocycles. The van der Waals surface area contributed by atoms with Gasteiger partial charge >= 0.3 is 0 Å². The van der Waals surface area contributed by atoms with Crippen LogP contribution in [-0.2, 0) is 11.3 Å². The van der Waals surface area contributed by atoms with Crippen LogP contribution in [0.25, 0.3) is 0 Å². The lowest BCUT2D eigenvalue weighted by atomic mass is 10.1. The lowest BCUT2D eigenvalue weighted by Crippen LogP contribution is -2.21. The number of amides is 1. The highest BCUT2D eigenvalue weighted by Gasteiger charge is 1.97. The quantitative estimate of drug-likeness (QED) is 0.713. The minimum Gasteiger partial charge on any atom is -0.370 e. The smallest absolute Gasteiger partial charge is 0.218 e. The third-order valence-electron chi connectivity index (χ3n) is 2.45. The van der Waals surface area contributed by atoms with Crippen molar-refractivity contribution in [2.24, 2.45) is 5.73 Å². The van der Waals surface area contributed by atoms with E-state index in [0.29, 0.717) is 13.0 Å². The molecule has 82 valence electrons. The van der Waals surface area contributed by atoms with Crippen LogP contribution < -0.4 is 11.1 Å². The molecule has 0 saturated carbocycles. The zero-order chi connectivity index (χ0) is 11.3. The molecule has 15 heavy (non-hydrogen) atoms. The largest absolute Gasteiger partial charge is 0.370 e. The maximum atomic E-state index is 10.5. The second-order valence-corrected chi connectivity index (χ2v) is 3.81. The van der Waals surface area contributed by atoms with Crippen molar-refractivity contribution in [3.05, 3.63) is 34.9 Å². The van der Waals surface area contributed by atoms with E-state index >= 15 is 0 Å². The molecule has 0 aromatic heterocycles. The van der Waals surface area contributed by atoms with Gasteiger partial charge in [0.2, 0.25) is 5.91 Å². The van der Waals surface area contributed by atoms with E-state index in [9.17, 15) is 4.79 Å². The Bertz CT molecular complexity index is 347. The third kappa shape index (κ3) is 4.13. The van der Waals surface area contributed by atoms with E-state index in [1.54, 1.807) is 0 Å². The Labute approximate surface area is 90.7 Å². The van der Waals surface area contributed by atoms with E-state index in [4.69, 9.17) is 5.73 Å². The molecule has 0 aliphatic rings. The molecule has 3 heteroatoms. The minimum absolute atomic E-state index is 0.261. The molecule has 3 N–H and O–H groups in total. The topological polar surface area (TPSA) is 55.1 Å². The van der Waals surface area contributed by atoms with Crippen molar-refractivity contribution in [1.29, 1.82) is 0 Å². The monoisotopic (exact) mass is 206 g/mol. The first-order valence-electron chi connectivity index (χ1n) is 5.15. The summed E-state index contributed by atoms with van der Waals surface area (Å²) in [6.07, 6.45) is 0.394. The number of carbonyl (C=O) groups is 1. The van der Waals surface area contributed by atoms with Gasteiger partial charge < -0.3 is 11.1 Å². The number of aryl methyl sites for hydroxylation is 2. The van der Waals surface area contributed by atoms with Crippen LogP contribution in [0.2, 0.25) is 0 Å². The van der Waals surface area contributed by atoms with E-state index < -0.39 is 0 Å². The van der Waals surface area contributed by atoms with Crippen LogP contribution in [0.1, 0.15) is 23.1 Å². The van der Waals surface area contributed by atoms with Gasteiger partial charge in [-0.1, -0.05) is 18.2 Å². The molecule has 0 heterocycles. The molecule has 0 saturated heterocycles. The van der Waals surface area contributed by atoms with Gasteiger partial charge in [-0.05, 0) is 30.5 Å². The van der Waals surface area contributed by atoms with Crippen LogP contribution in [0, 0.1) is 13.8 Å². The van der Waals surface area contributed by atoms with Crippen LogP contribution in [-0.4, -0.2) is 12.5 Å². The maximum Gasteiger partial charge on any atom is 0.218 e. The van der Waals surface area contributed by atoms with Gasteiger partial charge in [-0.2, -0.15) is 0 Å². The first-order chi connectivity index (χ1) is 7.09. The second-order valence-electron chi connectivity index (χ2n) is 3.81. The van der Waals surface area contributed by atoms with Gasteiger partial charge in [-0.3, -0.25) is 4.79 Å². The molecule has 0 aliphatic heterocycles. The highest BCUT2D eigenvalue weighted by Crippen LogP contribution is 2.09. The van der Waals surface area contributed by atoms with Gasteiger partial charge in [-0.25, -0.2) is 0 Å². The summed E-state index contributed by atoms with van der Waals surface area (Å²) in [4.78, 5) is 10.5. The Morgan fingerprint density at radius 3 is 2.67 bits per heavy atom. The van der Waals surface area contributed by atoms with Gasteiger partial charge in [-0.15, -0.1) is 0 Å². The number of hydrogen-bond donors (Lipinski definition) is 2. The van der Waals surface area contributed by atoms with E-state index in [1.165, 1.54) is 16.7 Å². The van der Waals surface area contributed by atoms with Crippen molar-refractivity contribution in [2.45, 2.75) is 26.8 Å². The molecule has 0 atom stereocenters. The molecule has 0 unspecified atom stereocenters. The SMILES string of the molecule is Cc1ccc(CNCCC(N)=O)cc1C. The van der Waals surface area contributed by atoms with Gasteiger partial charge in [0.15, 0.2) is 0 Å². The lowest BCUT2D eigenvalue weighted by Gasteiger charge is -2.06. The first kappa shape index (κ1) is 11.7. The summed E-state index contributed by atoms with van der Waals surface area (Å²) < 4.78 is 0. The summed E-state index contributed by atoms with van der Waals surface area (Å²) >= 11 is 0. The molecule has 3 nitrogen and oxygen atoms in total. The normalized spacial score (nSPS) is 10.3. The first-order valence-corrected chi connectivity index (χ1v) is 5.15. The molecule has 1 aromatic carbocycles. The Morgan fingerprint density at radius 1 is 1.33 bits per heavy atom. The summed E-state index contributed by atoms with van der Waals surface area (Å²) in [5.74, 6) is -0.261. The number of benzene rings is 1. The fraction of sp³-hybridized carbons (Fsp3) is 0.417.